The Morgan fingerprint density at radius 3 is 2.44 bits per heavy atom. The molecule has 1 fully saturated rings. The Hall–Kier alpha value is -1.77. The molecule has 134 valence electrons. The molecule has 3 heteroatoms. The number of halogens is 3. The Morgan fingerprint density at radius 1 is 1.08 bits per heavy atom. The van der Waals surface area contributed by atoms with E-state index in [0.29, 0.717) is 5.92 Å². The van der Waals surface area contributed by atoms with Gasteiger partial charge in [-0.3, -0.25) is 0 Å². The molecule has 0 aromatic heterocycles. The molecule has 3 rings (SSSR count). The summed E-state index contributed by atoms with van der Waals surface area (Å²) in [6.45, 7) is 6.59. The van der Waals surface area contributed by atoms with Gasteiger partial charge in [0, 0.05) is 11.1 Å². The lowest BCUT2D eigenvalue weighted by atomic mass is 9.75. The zero-order valence-electron chi connectivity index (χ0n) is 15.1. The van der Waals surface area contributed by atoms with Gasteiger partial charge in [0.1, 0.15) is 5.82 Å². The van der Waals surface area contributed by atoms with Gasteiger partial charge in [-0.05, 0) is 59.4 Å². The third-order valence-electron chi connectivity index (χ3n) is 5.69. The summed E-state index contributed by atoms with van der Waals surface area (Å²) >= 11 is 0. The molecule has 0 saturated heterocycles. The highest BCUT2D eigenvalue weighted by Gasteiger charge is 2.37. The largest absolute Gasteiger partial charge is 0.263 e. The number of alkyl halides is 2. The first-order valence-electron chi connectivity index (χ1n) is 9.04. The van der Waals surface area contributed by atoms with E-state index in [1.165, 1.54) is 17.7 Å². The second-order valence-electron chi connectivity index (χ2n) is 7.75. The van der Waals surface area contributed by atoms with Gasteiger partial charge in [-0.15, -0.1) is 0 Å². The Balaban J connectivity index is 2.18. The van der Waals surface area contributed by atoms with Crippen LogP contribution in [0, 0.1) is 11.2 Å². The smallest absolute Gasteiger partial charge is 0.206 e. The monoisotopic (exact) mass is 346 g/mol. The molecule has 2 aromatic rings. The molecule has 0 heterocycles. The van der Waals surface area contributed by atoms with Crippen LogP contribution in [-0.4, -0.2) is 0 Å². The molecule has 0 bridgehead atoms. The fourth-order valence-electron chi connectivity index (χ4n) is 4.15. The summed E-state index contributed by atoms with van der Waals surface area (Å²) in [5, 5.41) is 0. The summed E-state index contributed by atoms with van der Waals surface area (Å²) in [6, 6.07) is 9.69. The Labute approximate surface area is 148 Å². The van der Waals surface area contributed by atoms with Gasteiger partial charge in [0.05, 0.1) is 0 Å². The van der Waals surface area contributed by atoms with Crippen molar-refractivity contribution in [2.75, 3.05) is 0 Å². The van der Waals surface area contributed by atoms with E-state index in [9.17, 15) is 13.2 Å². The van der Waals surface area contributed by atoms with E-state index in [2.05, 4.69) is 26.8 Å². The molecular formula is C22H25F3. The summed E-state index contributed by atoms with van der Waals surface area (Å²) in [7, 11) is 0. The Morgan fingerprint density at radius 2 is 1.84 bits per heavy atom. The second-order valence-corrected chi connectivity index (χ2v) is 7.75. The number of hydrogen-bond acceptors (Lipinski definition) is 0. The molecule has 25 heavy (non-hydrogen) atoms. The molecule has 1 aliphatic carbocycles. The van der Waals surface area contributed by atoms with E-state index in [4.69, 9.17) is 0 Å². The van der Waals surface area contributed by atoms with Crippen LogP contribution in [0.4, 0.5) is 13.2 Å². The highest BCUT2D eigenvalue weighted by Crippen LogP contribution is 2.51. The molecule has 1 atom stereocenters. The van der Waals surface area contributed by atoms with Crippen LogP contribution in [0.15, 0.2) is 36.4 Å². The van der Waals surface area contributed by atoms with Crippen molar-refractivity contribution < 1.29 is 13.2 Å². The highest BCUT2D eigenvalue weighted by molar-refractivity contribution is 5.70. The number of aryl methyl sites for hydroxylation is 1. The van der Waals surface area contributed by atoms with E-state index in [0.717, 1.165) is 42.9 Å². The number of rotatable bonds is 4. The minimum atomic E-state index is -2.60. The van der Waals surface area contributed by atoms with Gasteiger partial charge < -0.3 is 0 Å². The summed E-state index contributed by atoms with van der Waals surface area (Å²) < 4.78 is 40.7. The zero-order chi connectivity index (χ0) is 18.2. The maximum Gasteiger partial charge on any atom is 0.263 e. The van der Waals surface area contributed by atoms with Gasteiger partial charge in [0.2, 0.25) is 0 Å². The number of benzene rings is 2. The lowest BCUT2D eigenvalue weighted by Gasteiger charge is -2.30. The fourth-order valence-corrected chi connectivity index (χ4v) is 4.15. The molecule has 0 radical (unpaired) electrons. The topological polar surface area (TPSA) is 0 Å². The van der Waals surface area contributed by atoms with Crippen molar-refractivity contribution in [3.8, 4) is 11.1 Å². The minimum absolute atomic E-state index is 0.132. The van der Waals surface area contributed by atoms with Gasteiger partial charge in [-0.25, -0.2) is 13.2 Å². The lowest BCUT2D eigenvalue weighted by Crippen LogP contribution is -2.16. The van der Waals surface area contributed by atoms with Crippen LogP contribution < -0.4 is 0 Å². The molecular weight excluding hydrogens is 321 g/mol. The SMILES string of the molecule is CCc1ccc(-c2cc(C(F)F)ccc2F)c([C@@H]2CCCC2(C)C)c1. The molecule has 1 saturated carbocycles. The maximum absolute atomic E-state index is 14.5. The van der Waals surface area contributed by atoms with E-state index < -0.39 is 12.2 Å². The predicted molar refractivity (Wildman–Crippen MR) is 96.5 cm³/mol. The van der Waals surface area contributed by atoms with E-state index in [1.54, 1.807) is 0 Å². The van der Waals surface area contributed by atoms with Crippen molar-refractivity contribution in [3.05, 3.63) is 58.9 Å². The highest BCUT2D eigenvalue weighted by atomic mass is 19.3. The van der Waals surface area contributed by atoms with E-state index in [-0.39, 0.29) is 16.5 Å². The third-order valence-corrected chi connectivity index (χ3v) is 5.69. The van der Waals surface area contributed by atoms with Gasteiger partial charge in [-0.1, -0.05) is 51.5 Å². The van der Waals surface area contributed by atoms with Crippen LogP contribution in [0.25, 0.3) is 11.1 Å². The number of hydrogen-bond donors (Lipinski definition) is 0. The Kier molecular flexibility index (Phi) is 4.95. The van der Waals surface area contributed by atoms with Crippen LogP contribution in [0.5, 0.6) is 0 Å². The van der Waals surface area contributed by atoms with Crippen molar-refractivity contribution in [1.82, 2.24) is 0 Å². The van der Waals surface area contributed by atoms with Gasteiger partial charge in [0.25, 0.3) is 6.43 Å². The van der Waals surface area contributed by atoms with Crippen molar-refractivity contribution in [1.29, 1.82) is 0 Å². The van der Waals surface area contributed by atoms with Crippen LogP contribution in [-0.2, 0) is 6.42 Å². The summed E-state index contributed by atoms with van der Waals surface area (Å²) in [5.41, 5.74) is 3.36. The zero-order valence-corrected chi connectivity index (χ0v) is 15.1. The molecule has 0 nitrogen and oxygen atoms in total. The average Bonchev–Trinajstić information content (AvgIpc) is 2.93. The van der Waals surface area contributed by atoms with Gasteiger partial charge in [0.15, 0.2) is 0 Å². The molecule has 0 unspecified atom stereocenters. The minimum Gasteiger partial charge on any atom is -0.206 e. The van der Waals surface area contributed by atoms with E-state index in [1.807, 2.05) is 12.1 Å². The van der Waals surface area contributed by atoms with Crippen LogP contribution in [0.1, 0.15) is 69.1 Å². The Bertz CT molecular complexity index is 762. The third kappa shape index (κ3) is 3.47. The van der Waals surface area contributed by atoms with Crippen LogP contribution >= 0.6 is 0 Å². The van der Waals surface area contributed by atoms with Crippen molar-refractivity contribution >= 4 is 0 Å². The van der Waals surface area contributed by atoms with Gasteiger partial charge >= 0.3 is 0 Å². The summed E-state index contributed by atoms with van der Waals surface area (Å²) in [5.74, 6) is -0.116. The first-order valence-corrected chi connectivity index (χ1v) is 9.04. The van der Waals surface area contributed by atoms with Crippen molar-refractivity contribution in [3.63, 3.8) is 0 Å². The quantitative estimate of drug-likeness (QED) is 0.545. The molecule has 0 N–H and O–H groups in total. The van der Waals surface area contributed by atoms with Crippen molar-refractivity contribution in [2.45, 2.75) is 58.8 Å². The fraction of sp³-hybridized carbons (Fsp3) is 0.455. The average molecular weight is 346 g/mol. The van der Waals surface area contributed by atoms with Crippen LogP contribution in [0.2, 0.25) is 0 Å². The van der Waals surface area contributed by atoms with Crippen LogP contribution in [0.3, 0.4) is 0 Å². The predicted octanol–water partition coefficient (Wildman–Crippen LogP) is 7.29. The first kappa shape index (κ1) is 18.0. The van der Waals surface area contributed by atoms with E-state index >= 15 is 0 Å². The normalized spacial score (nSPS) is 19.6. The second kappa shape index (κ2) is 6.86. The molecule has 0 amide bonds. The first-order chi connectivity index (χ1) is 11.8. The van der Waals surface area contributed by atoms with Gasteiger partial charge in [-0.2, -0.15) is 0 Å². The molecule has 0 spiro atoms. The standard InChI is InChI=1S/C22H25F3/c1-4-14-7-9-16(17(12-14)19-6-5-11-22(19,2)3)18-13-15(21(24)25)8-10-20(18)23/h7-10,12-13,19,21H,4-6,11H2,1-3H3/t19-/m0/s1. The maximum atomic E-state index is 14.5. The molecule has 1 aliphatic rings. The molecule has 2 aromatic carbocycles. The summed E-state index contributed by atoms with van der Waals surface area (Å²) in [6.07, 6.45) is 1.64. The molecule has 0 aliphatic heterocycles. The summed E-state index contributed by atoms with van der Waals surface area (Å²) in [4.78, 5) is 0. The van der Waals surface area contributed by atoms with Crippen molar-refractivity contribution in [2.24, 2.45) is 5.41 Å². The lowest BCUT2D eigenvalue weighted by molar-refractivity contribution is 0.151.